The van der Waals surface area contributed by atoms with Crippen molar-refractivity contribution in [1.82, 2.24) is 9.80 Å². The normalized spacial score (nSPS) is 24.5. The van der Waals surface area contributed by atoms with Gasteiger partial charge in [0.2, 0.25) is 5.91 Å². The number of hydrogen-bond acceptors (Lipinski definition) is 4. The van der Waals surface area contributed by atoms with E-state index < -0.39 is 0 Å². The minimum absolute atomic E-state index is 0.0633. The van der Waals surface area contributed by atoms with Crippen LogP contribution in [-0.2, 0) is 9.53 Å². The SMILES string of the molecule is CC1CCC(N(CCN(C)C)C(=O)C=Cc2ccc(OC3CCCCO3)cc2Cl)CC1. The Hall–Kier alpha value is -1.56. The maximum atomic E-state index is 13.1. The lowest BCUT2D eigenvalue weighted by Crippen LogP contribution is -2.44. The highest BCUT2D eigenvalue weighted by Gasteiger charge is 2.26. The van der Waals surface area contributed by atoms with Gasteiger partial charge in [-0.25, -0.2) is 0 Å². The Morgan fingerprint density at radius 3 is 2.58 bits per heavy atom. The summed E-state index contributed by atoms with van der Waals surface area (Å²) in [6.45, 7) is 4.65. The van der Waals surface area contributed by atoms with Crippen LogP contribution in [0.25, 0.3) is 6.08 Å². The fourth-order valence-corrected chi connectivity index (χ4v) is 4.50. The maximum Gasteiger partial charge on any atom is 0.246 e. The van der Waals surface area contributed by atoms with Gasteiger partial charge in [0.15, 0.2) is 6.29 Å². The molecule has 3 rings (SSSR count). The first kappa shape index (κ1) is 24.1. The maximum absolute atomic E-state index is 13.1. The number of halogens is 1. The van der Waals surface area contributed by atoms with E-state index >= 15 is 0 Å². The lowest BCUT2D eigenvalue weighted by molar-refractivity contribution is -0.129. The zero-order valence-electron chi connectivity index (χ0n) is 19.2. The van der Waals surface area contributed by atoms with Crippen LogP contribution in [0.5, 0.6) is 5.75 Å². The zero-order valence-corrected chi connectivity index (χ0v) is 19.9. The molecule has 1 atom stereocenters. The molecule has 2 fully saturated rings. The number of hydrogen-bond donors (Lipinski definition) is 0. The predicted molar refractivity (Wildman–Crippen MR) is 126 cm³/mol. The van der Waals surface area contributed by atoms with E-state index in [9.17, 15) is 4.79 Å². The number of benzene rings is 1. The van der Waals surface area contributed by atoms with Crippen molar-refractivity contribution in [2.45, 2.75) is 64.2 Å². The van der Waals surface area contributed by atoms with Gasteiger partial charge >= 0.3 is 0 Å². The zero-order chi connectivity index (χ0) is 22.2. The Bertz CT molecular complexity index is 738. The topological polar surface area (TPSA) is 42.0 Å². The second-order valence-electron chi connectivity index (χ2n) is 9.18. The van der Waals surface area contributed by atoms with E-state index in [0.29, 0.717) is 16.8 Å². The first-order valence-corrected chi connectivity index (χ1v) is 12.0. The molecule has 31 heavy (non-hydrogen) atoms. The van der Waals surface area contributed by atoms with Gasteiger partial charge in [-0.3, -0.25) is 4.79 Å². The van der Waals surface area contributed by atoms with Gasteiger partial charge in [-0.05, 0) is 88.4 Å². The van der Waals surface area contributed by atoms with Crippen LogP contribution < -0.4 is 4.74 Å². The van der Waals surface area contributed by atoms with Crippen LogP contribution in [0.15, 0.2) is 24.3 Å². The van der Waals surface area contributed by atoms with E-state index in [1.807, 2.05) is 37.2 Å². The minimum atomic E-state index is -0.198. The molecule has 1 saturated heterocycles. The van der Waals surface area contributed by atoms with E-state index in [4.69, 9.17) is 21.1 Å². The molecule has 5 nitrogen and oxygen atoms in total. The molecule has 1 aromatic rings. The summed E-state index contributed by atoms with van der Waals surface area (Å²) >= 11 is 6.47. The van der Waals surface area contributed by atoms with E-state index in [-0.39, 0.29) is 12.2 Å². The summed E-state index contributed by atoms with van der Waals surface area (Å²) in [5, 5.41) is 0.573. The van der Waals surface area contributed by atoms with Crippen molar-refractivity contribution < 1.29 is 14.3 Å². The fraction of sp³-hybridized carbons (Fsp3) is 0.640. The molecule has 1 amide bonds. The van der Waals surface area contributed by atoms with Crippen LogP contribution in [0.3, 0.4) is 0 Å². The Balaban J connectivity index is 1.63. The van der Waals surface area contributed by atoms with E-state index in [2.05, 4.69) is 11.8 Å². The smallest absolute Gasteiger partial charge is 0.246 e. The highest BCUT2D eigenvalue weighted by Crippen LogP contribution is 2.28. The minimum Gasteiger partial charge on any atom is -0.465 e. The molecule has 1 aliphatic heterocycles. The van der Waals surface area contributed by atoms with Crippen LogP contribution >= 0.6 is 11.6 Å². The monoisotopic (exact) mass is 448 g/mol. The summed E-state index contributed by atoms with van der Waals surface area (Å²) in [6.07, 6.45) is 11.0. The van der Waals surface area contributed by atoms with Gasteiger partial charge in [-0.15, -0.1) is 0 Å². The van der Waals surface area contributed by atoms with Crippen molar-refractivity contribution in [2.24, 2.45) is 5.92 Å². The molecule has 1 heterocycles. The molecule has 0 aromatic heterocycles. The number of likely N-dealkylation sites (N-methyl/N-ethyl adjacent to an activating group) is 1. The molecule has 1 aliphatic carbocycles. The van der Waals surface area contributed by atoms with Crippen LogP contribution in [0, 0.1) is 5.92 Å². The number of rotatable bonds is 8. The summed E-state index contributed by atoms with van der Waals surface area (Å²) in [6, 6.07) is 5.92. The fourth-order valence-electron chi connectivity index (χ4n) is 4.26. The highest BCUT2D eigenvalue weighted by molar-refractivity contribution is 6.32. The molecule has 1 unspecified atom stereocenters. The molecule has 172 valence electrons. The average molecular weight is 449 g/mol. The molecule has 1 saturated carbocycles. The molecule has 0 bridgehead atoms. The Kier molecular flexibility index (Phi) is 9.24. The Morgan fingerprint density at radius 1 is 1.16 bits per heavy atom. The quantitative estimate of drug-likeness (QED) is 0.511. The second kappa shape index (κ2) is 11.9. The van der Waals surface area contributed by atoms with Gasteiger partial charge in [0.25, 0.3) is 0 Å². The van der Waals surface area contributed by atoms with Crippen molar-refractivity contribution in [3.8, 4) is 5.75 Å². The Labute approximate surface area is 192 Å². The van der Waals surface area contributed by atoms with Gasteiger partial charge < -0.3 is 19.3 Å². The van der Waals surface area contributed by atoms with Gasteiger partial charge in [-0.1, -0.05) is 18.5 Å². The predicted octanol–water partition coefficient (Wildman–Crippen LogP) is 5.23. The highest BCUT2D eigenvalue weighted by atomic mass is 35.5. The molecule has 1 aromatic carbocycles. The summed E-state index contributed by atoms with van der Waals surface area (Å²) < 4.78 is 11.5. The van der Waals surface area contributed by atoms with E-state index in [1.54, 1.807) is 12.1 Å². The van der Waals surface area contributed by atoms with Crippen molar-refractivity contribution in [3.05, 3.63) is 34.9 Å². The average Bonchev–Trinajstić information content (AvgIpc) is 2.75. The molecule has 0 radical (unpaired) electrons. The number of carbonyl (C=O) groups is 1. The van der Waals surface area contributed by atoms with Crippen LogP contribution in [0.4, 0.5) is 0 Å². The third kappa shape index (κ3) is 7.51. The molecular formula is C25H37ClN2O3. The lowest BCUT2D eigenvalue weighted by atomic mass is 9.86. The second-order valence-corrected chi connectivity index (χ2v) is 9.59. The number of nitrogens with zero attached hydrogens (tertiary/aromatic N) is 2. The van der Waals surface area contributed by atoms with Crippen molar-refractivity contribution >= 4 is 23.6 Å². The molecular weight excluding hydrogens is 412 g/mol. The summed E-state index contributed by atoms with van der Waals surface area (Å²) in [7, 11) is 4.09. The third-order valence-corrected chi connectivity index (χ3v) is 6.61. The van der Waals surface area contributed by atoms with E-state index in [1.165, 1.54) is 12.8 Å². The van der Waals surface area contributed by atoms with Crippen molar-refractivity contribution in [1.29, 1.82) is 0 Å². The standard InChI is InChI=1S/C25H37ClN2O3/c1-19-7-11-21(12-8-19)28(16-15-27(2)3)24(29)14-10-20-9-13-22(18-23(20)26)31-25-6-4-5-17-30-25/h9-10,13-14,18-19,21,25H,4-8,11-12,15-17H2,1-3H3. The third-order valence-electron chi connectivity index (χ3n) is 6.28. The van der Waals surface area contributed by atoms with Crippen LogP contribution in [-0.4, -0.2) is 61.8 Å². The number of ether oxygens (including phenoxy) is 2. The number of amides is 1. The Morgan fingerprint density at radius 2 is 1.94 bits per heavy atom. The van der Waals surface area contributed by atoms with Crippen LogP contribution in [0.2, 0.25) is 5.02 Å². The van der Waals surface area contributed by atoms with Crippen LogP contribution in [0.1, 0.15) is 57.4 Å². The van der Waals surface area contributed by atoms with Crippen molar-refractivity contribution in [2.75, 3.05) is 33.8 Å². The molecule has 2 aliphatic rings. The molecule has 0 spiro atoms. The summed E-state index contributed by atoms with van der Waals surface area (Å²) in [5.41, 5.74) is 0.816. The van der Waals surface area contributed by atoms with Crippen molar-refractivity contribution in [3.63, 3.8) is 0 Å². The first-order valence-electron chi connectivity index (χ1n) is 11.6. The molecule has 0 N–H and O–H groups in total. The largest absolute Gasteiger partial charge is 0.465 e. The van der Waals surface area contributed by atoms with Gasteiger partial charge in [0, 0.05) is 31.6 Å². The number of carbonyl (C=O) groups excluding carboxylic acids is 1. The van der Waals surface area contributed by atoms with Gasteiger partial charge in [-0.2, -0.15) is 0 Å². The summed E-state index contributed by atoms with van der Waals surface area (Å²) in [4.78, 5) is 17.3. The summed E-state index contributed by atoms with van der Waals surface area (Å²) in [5.74, 6) is 1.52. The van der Waals surface area contributed by atoms with Gasteiger partial charge in [0.05, 0.1) is 11.6 Å². The first-order chi connectivity index (χ1) is 14.9. The lowest BCUT2D eigenvalue weighted by Gasteiger charge is -2.36. The van der Waals surface area contributed by atoms with E-state index in [0.717, 1.165) is 63.3 Å². The molecule has 6 heteroatoms. The van der Waals surface area contributed by atoms with Gasteiger partial charge in [0.1, 0.15) is 5.75 Å².